The van der Waals surface area contributed by atoms with E-state index in [0.29, 0.717) is 10.5 Å². The van der Waals surface area contributed by atoms with E-state index in [-0.39, 0.29) is 5.82 Å². The lowest BCUT2D eigenvalue weighted by Gasteiger charge is -2.19. The van der Waals surface area contributed by atoms with Crippen LogP contribution in [0.25, 0.3) is 5.69 Å². The monoisotopic (exact) mass is 336 g/mol. The van der Waals surface area contributed by atoms with Crippen LogP contribution in [0.3, 0.4) is 0 Å². The van der Waals surface area contributed by atoms with Gasteiger partial charge in [0.15, 0.2) is 0 Å². The summed E-state index contributed by atoms with van der Waals surface area (Å²) in [6.45, 7) is 5.28. The maximum absolute atomic E-state index is 11.8. The number of carbonyl (C=O) groups is 2. The van der Waals surface area contributed by atoms with Gasteiger partial charge >= 0.3 is 12.2 Å². The van der Waals surface area contributed by atoms with Crippen molar-refractivity contribution in [3.05, 3.63) is 34.7 Å². The van der Waals surface area contributed by atoms with Gasteiger partial charge in [-0.2, -0.15) is 0 Å². The van der Waals surface area contributed by atoms with Crippen LogP contribution in [0.1, 0.15) is 20.8 Å². The average molecular weight is 336 g/mol. The summed E-state index contributed by atoms with van der Waals surface area (Å²) in [7, 11) is 0. The molecule has 0 spiro atoms. The Morgan fingerprint density at radius 1 is 1.43 bits per heavy atom. The summed E-state index contributed by atoms with van der Waals surface area (Å²) in [6.07, 6.45) is 1.28. The Labute approximate surface area is 136 Å². The molecule has 0 aliphatic rings. The zero-order chi connectivity index (χ0) is 17.0. The highest BCUT2D eigenvalue weighted by Gasteiger charge is 2.16. The molecule has 0 aliphatic heterocycles. The van der Waals surface area contributed by atoms with Crippen molar-refractivity contribution < 1.29 is 19.4 Å². The van der Waals surface area contributed by atoms with Crippen molar-refractivity contribution in [3.63, 3.8) is 0 Å². The number of nitrogens with one attached hydrogen (secondary N) is 1. The van der Waals surface area contributed by atoms with Gasteiger partial charge in [0.05, 0.1) is 5.69 Å². The number of hydrogen-bond donors (Lipinski definition) is 2. The van der Waals surface area contributed by atoms with Gasteiger partial charge in [-0.3, -0.25) is 9.88 Å². The molecule has 0 radical (unpaired) electrons. The largest absolute Gasteiger partial charge is 0.463 e. The van der Waals surface area contributed by atoms with Gasteiger partial charge in [-0.1, -0.05) is 0 Å². The van der Waals surface area contributed by atoms with Crippen LogP contribution >= 0.6 is 11.3 Å². The second kappa shape index (κ2) is 6.61. The Bertz CT molecular complexity index is 788. The summed E-state index contributed by atoms with van der Waals surface area (Å²) in [5, 5.41) is 13.0. The highest BCUT2D eigenvalue weighted by molar-refractivity contribution is 7.07. The molecule has 2 aromatic rings. The maximum atomic E-state index is 11.8. The van der Waals surface area contributed by atoms with E-state index in [1.165, 1.54) is 17.5 Å². The molecule has 122 valence electrons. The Morgan fingerprint density at radius 3 is 2.83 bits per heavy atom. The summed E-state index contributed by atoms with van der Waals surface area (Å²) < 4.78 is 6.74. The molecular formula is C14H16N4O4S. The van der Waals surface area contributed by atoms with E-state index in [1.54, 1.807) is 49.0 Å². The van der Waals surface area contributed by atoms with Crippen molar-refractivity contribution in [3.8, 4) is 5.69 Å². The summed E-state index contributed by atoms with van der Waals surface area (Å²) in [6, 6.07) is 3.27. The molecule has 8 nitrogen and oxygen atoms in total. The van der Waals surface area contributed by atoms with Crippen molar-refractivity contribution in [2.45, 2.75) is 26.4 Å². The van der Waals surface area contributed by atoms with Crippen molar-refractivity contribution in [2.24, 2.45) is 4.99 Å². The van der Waals surface area contributed by atoms with Crippen LogP contribution in [0.2, 0.25) is 0 Å². The molecule has 2 N–H and O–H groups in total. The van der Waals surface area contributed by atoms with E-state index >= 15 is 0 Å². The summed E-state index contributed by atoms with van der Waals surface area (Å²) in [5.74, 6) is 0.289. The minimum Gasteiger partial charge on any atom is -0.463 e. The molecule has 2 rings (SSSR count). The van der Waals surface area contributed by atoms with Crippen LogP contribution in [0.4, 0.5) is 15.4 Å². The zero-order valence-corrected chi connectivity index (χ0v) is 13.6. The minimum absolute atomic E-state index is 0.289. The van der Waals surface area contributed by atoms with Gasteiger partial charge in [0.25, 0.3) is 0 Å². The van der Waals surface area contributed by atoms with E-state index in [4.69, 9.17) is 9.84 Å². The van der Waals surface area contributed by atoms with E-state index in [9.17, 15) is 9.59 Å². The van der Waals surface area contributed by atoms with Crippen LogP contribution in [0.15, 0.2) is 34.9 Å². The smallest absolute Gasteiger partial charge is 0.433 e. The molecule has 0 saturated heterocycles. The van der Waals surface area contributed by atoms with Gasteiger partial charge in [0, 0.05) is 23.8 Å². The first-order valence-electron chi connectivity index (χ1n) is 6.65. The van der Waals surface area contributed by atoms with E-state index in [2.05, 4.69) is 15.3 Å². The fourth-order valence-electron chi connectivity index (χ4n) is 1.68. The number of nitrogens with zero attached hydrogens (tertiary/aromatic N) is 3. The normalized spacial score (nSPS) is 12.0. The fourth-order valence-corrected chi connectivity index (χ4v) is 2.39. The highest BCUT2D eigenvalue weighted by Crippen LogP contribution is 2.13. The predicted octanol–water partition coefficient (Wildman–Crippen LogP) is 2.86. The van der Waals surface area contributed by atoms with Crippen LogP contribution in [0, 0.1) is 0 Å². The second-order valence-corrected chi connectivity index (χ2v) is 6.35. The van der Waals surface area contributed by atoms with Crippen LogP contribution in [-0.4, -0.2) is 32.4 Å². The van der Waals surface area contributed by atoms with Gasteiger partial charge in [0.1, 0.15) is 11.4 Å². The molecule has 0 unspecified atom stereocenters. The number of ether oxygens (including phenoxy) is 1. The Hall–Kier alpha value is -2.68. The van der Waals surface area contributed by atoms with Crippen LogP contribution in [0.5, 0.6) is 0 Å². The molecule has 2 amide bonds. The molecule has 9 heteroatoms. The van der Waals surface area contributed by atoms with E-state index < -0.39 is 17.8 Å². The van der Waals surface area contributed by atoms with Crippen molar-refractivity contribution in [2.75, 3.05) is 5.32 Å². The molecular weight excluding hydrogens is 320 g/mol. The standard InChI is InChI=1S/C14H16N4O4S/c1-14(2,3)22-13(21)16-10-8-9(4-5-15-10)18-6-7-23-11(18)17-12(19)20/h4-8H,1-3H3,(H,19,20)(H,15,16,21). The minimum atomic E-state index is -1.28. The molecule has 2 heterocycles. The molecule has 0 saturated carbocycles. The number of aromatic nitrogens is 2. The van der Waals surface area contributed by atoms with Gasteiger partial charge in [-0.15, -0.1) is 16.3 Å². The van der Waals surface area contributed by atoms with E-state index in [1.807, 2.05) is 0 Å². The summed E-state index contributed by atoms with van der Waals surface area (Å²) >= 11 is 1.18. The third kappa shape index (κ3) is 4.92. The third-order valence-corrected chi connectivity index (χ3v) is 3.19. The first kappa shape index (κ1) is 16.7. The van der Waals surface area contributed by atoms with E-state index in [0.717, 1.165) is 0 Å². The molecule has 0 aliphatic carbocycles. The number of pyridine rings is 1. The lowest BCUT2D eigenvalue weighted by Crippen LogP contribution is -2.27. The highest BCUT2D eigenvalue weighted by atomic mass is 32.1. The van der Waals surface area contributed by atoms with Crippen molar-refractivity contribution >= 4 is 29.3 Å². The number of carboxylic acid groups (broad SMARTS) is 1. The topological polar surface area (TPSA) is 106 Å². The number of hydrogen-bond acceptors (Lipinski definition) is 5. The first-order chi connectivity index (χ1) is 10.7. The number of anilines is 1. The average Bonchev–Trinajstić information content (AvgIpc) is 2.83. The SMILES string of the molecule is CC(C)(C)OC(=O)Nc1cc(-n2ccsc2=NC(=O)O)ccn1. The Morgan fingerprint density at radius 2 is 2.17 bits per heavy atom. The van der Waals surface area contributed by atoms with Crippen molar-refractivity contribution in [1.29, 1.82) is 0 Å². The quantitative estimate of drug-likeness (QED) is 0.877. The lowest BCUT2D eigenvalue weighted by atomic mass is 10.2. The zero-order valence-electron chi connectivity index (χ0n) is 12.8. The molecule has 0 fully saturated rings. The van der Waals surface area contributed by atoms with Gasteiger partial charge in [-0.05, 0) is 26.8 Å². The summed E-state index contributed by atoms with van der Waals surface area (Å²) in [4.78, 5) is 30.3. The summed E-state index contributed by atoms with van der Waals surface area (Å²) in [5.41, 5.74) is 0.00413. The Kier molecular flexibility index (Phi) is 4.80. The fraction of sp³-hybridized carbons (Fsp3) is 0.286. The van der Waals surface area contributed by atoms with Gasteiger partial charge in [0.2, 0.25) is 4.80 Å². The number of thiazole rings is 1. The Balaban J connectivity index is 2.26. The van der Waals surface area contributed by atoms with Gasteiger partial charge < -0.3 is 9.84 Å². The predicted molar refractivity (Wildman–Crippen MR) is 84.9 cm³/mol. The second-order valence-electron chi connectivity index (χ2n) is 5.48. The maximum Gasteiger partial charge on any atom is 0.433 e. The molecule has 0 bridgehead atoms. The molecule has 0 aromatic carbocycles. The van der Waals surface area contributed by atoms with Gasteiger partial charge in [-0.25, -0.2) is 14.6 Å². The molecule has 2 aromatic heterocycles. The first-order valence-corrected chi connectivity index (χ1v) is 7.53. The number of rotatable bonds is 2. The molecule has 23 heavy (non-hydrogen) atoms. The third-order valence-electron chi connectivity index (χ3n) is 2.43. The number of amides is 2. The van der Waals surface area contributed by atoms with Crippen LogP contribution < -0.4 is 10.1 Å². The molecule has 0 atom stereocenters. The lowest BCUT2D eigenvalue weighted by molar-refractivity contribution is 0.0635. The number of carbonyl (C=O) groups excluding carboxylic acids is 1. The van der Waals surface area contributed by atoms with Crippen molar-refractivity contribution in [1.82, 2.24) is 9.55 Å². The van der Waals surface area contributed by atoms with Crippen LogP contribution in [-0.2, 0) is 4.74 Å².